The zero-order chi connectivity index (χ0) is 39.1. The van der Waals surface area contributed by atoms with E-state index in [9.17, 15) is 29.7 Å². The summed E-state index contributed by atoms with van der Waals surface area (Å²) in [7, 11) is 1.22. The van der Waals surface area contributed by atoms with Crippen molar-refractivity contribution in [2.45, 2.75) is 147 Å². The Labute approximate surface area is 318 Å². The van der Waals surface area contributed by atoms with E-state index in [0.29, 0.717) is 25.9 Å². The van der Waals surface area contributed by atoms with Gasteiger partial charge < -0.3 is 48.5 Å². The molecule has 2 saturated heterocycles. The molecule has 3 aliphatic rings. The fourth-order valence-corrected chi connectivity index (χ4v) is 7.02. The lowest BCUT2D eigenvalue weighted by atomic mass is 9.74. The number of aliphatic hydroxyl groups is 3. The van der Waals surface area contributed by atoms with Crippen LogP contribution < -0.4 is 0 Å². The van der Waals surface area contributed by atoms with E-state index in [1.54, 1.807) is 26.0 Å². The van der Waals surface area contributed by atoms with Gasteiger partial charge in [0.1, 0.15) is 6.10 Å². The Balaban J connectivity index is 1.70. The maximum atomic E-state index is 13.3. The second-order valence-electron chi connectivity index (χ2n) is 15.0. The molecular formula is C41H60O13. The van der Waals surface area contributed by atoms with Gasteiger partial charge in [0.05, 0.1) is 51.2 Å². The lowest BCUT2D eigenvalue weighted by Gasteiger charge is -2.51. The number of benzene rings is 1. The van der Waals surface area contributed by atoms with E-state index in [1.807, 2.05) is 30.3 Å². The molecule has 3 N–H and O–H groups in total. The first-order valence-electron chi connectivity index (χ1n) is 19.4. The highest BCUT2D eigenvalue weighted by Crippen LogP contribution is 2.47. The molecule has 1 aromatic carbocycles. The van der Waals surface area contributed by atoms with Crippen LogP contribution in [0, 0.1) is 5.41 Å². The van der Waals surface area contributed by atoms with Crippen molar-refractivity contribution in [1.82, 2.24) is 0 Å². The molecule has 2 fully saturated rings. The molecule has 13 nitrogen and oxygen atoms in total. The second-order valence-corrected chi connectivity index (χ2v) is 15.0. The van der Waals surface area contributed by atoms with Crippen LogP contribution in [0.3, 0.4) is 0 Å². The fourth-order valence-electron chi connectivity index (χ4n) is 7.02. The standard InChI is InChI=1S/C41H60O13/c1-5-6-7-8-12-15-35(44)53-39-29(23-36(45)48-4)22-32-25-33(27-42)51-37(46)24-30(43)17-20-49-34(28-13-10-9-11-14-28)26-31-18-21-50-38(52-31)16-19-40(2,3)41(39,47)54-32/h9-11,13-14,16,19,23,30-34,38-39,42-43,47H,5-8,12,15,17-18,20-22,24-27H2,1-4H3/b19-16+,29-23+/t30-,31+,32?,33-,34+,38+,39+,41-/m1/s1. The molecule has 8 atom stereocenters. The summed E-state index contributed by atoms with van der Waals surface area (Å²) in [5.41, 5.74) is -0.149. The highest BCUT2D eigenvalue weighted by Gasteiger charge is 2.57. The molecule has 0 aliphatic carbocycles. The first-order valence-corrected chi connectivity index (χ1v) is 19.4. The van der Waals surface area contributed by atoms with Gasteiger partial charge in [-0.15, -0.1) is 0 Å². The Kier molecular flexibility index (Phi) is 17.1. The minimum Gasteiger partial charge on any atom is -0.466 e. The molecule has 3 aliphatic heterocycles. The van der Waals surface area contributed by atoms with Crippen molar-refractivity contribution < 1.29 is 62.9 Å². The third kappa shape index (κ3) is 12.7. The largest absolute Gasteiger partial charge is 0.466 e. The number of carbonyl (C=O) groups is 3. The second kappa shape index (κ2) is 21.2. The van der Waals surface area contributed by atoms with Crippen molar-refractivity contribution in [2.75, 3.05) is 26.9 Å². The van der Waals surface area contributed by atoms with Gasteiger partial charge in [-0.25, -0.2) is 4.79 Å². The number of ether oxygens (including phenoxy) is 7. The molecule has 4 bridgehead atoms. The third-order valence-electron chi connectivity index (χ3n) is 10.2. The number of unbranched alkanes of at least 4 members (excludes halogenated alkanes) is 4. The summed E-state index contributed by atoms with van der Waals surface area (Å²) >= 11 is 0. The maximum Gasteiger partial charge on any atom is 0.330 e. The molecule has 0 spiro atoms. The smallest absolute Gasteiger partial charge is 0.330 e. The first-order chi connectivity index (χ1) is 25.9. The van der Waals surface area contributed by atoms with Gasteiger partial charge >= 0.3 is 17.9 Å². The number of carbonyl (C=O) groups excluding carboxylic acids is 3. The van der Waals surface area contributed by atoms with E-state index < -0.39 is 66.4 Å². The Morgan fingerprint density at radius 1 is 0.981 bits per heavy atom. The molecule has 13 heteroatoms. The average molecular weight is 761 g/mol. The summed E-state index contributed by atoms with van der Waals surface area (Å²) in [6, 6.07) is 9.68. The van der Waals surface area contributed by atoms with Crippen LogP contribution in [0.2, 0.25) is 0 Å². The predicted octanol–water partition coefficient (Wildman–Crippen LogP) is 5.15. The Morgan fingerprint density at radius 2 is 1.72 bits per heavy atom. The molecule has 1 unspecified atom stereocenters. The molecule has 0 radical (unpaired) electrons. The van der Waals surface area contributed by atoms with E-state index >= 15 is 0 Å². The van der Waals surface area contributed by atoms with Crippen LogP contribution in [0.15, 0.2) is 54.1 Å². The topological polar surface area (TPSA) is 177 Å². The Bertz CT molecular complexity index is 1390. The quantitative estimate of drug-likeness (QED) is 0.0940. The van der Waals surface area contributed by atoms with Crippen LogP contribution in [0.1, 0.15) is 109 Å². The average Bonchev–Trinajstić information content (AvgIpc) is 3.14. The van der Waals surface area contributed by atoms with E-state index in [4.69, 9.17) is 33.2 Å². The lowest BCUT2D eigenvalue weighted by molar-refractivity contribution is -0.327. The number of hydrogen-bond acceptors (Lipinski definition) is 13. The first kappa shape index (κ1) is 43.6. The van der Waals surface area contributed by atoms with Gasteiger partial charge in [0.25, 0.3) is 0 Å². The normalized spacial score (nSPS) is 32.5. The highest BCUT2D eigenvalue weighted by molar-refractivity contribution is 5.83. The molecule has 3 heterocycles. The van der Waals surface area contributed by atoms with Gasteiger partial charge in [-0.1, -0.05) is 82.9 Å². The Hall–Kier alpha value is -3.17. The maximum absolute atomic E-state index is 13.3. The van der Waals surface area contributed by atoms with Crippen LogP contribution in [0.5, 0.6) is 0 Å². The molecule has 0 amide bonds. The van der Waals surface area contributed by atoms with Crippen molar-refractivity contribution in [3.05, 3.63) is 59.7 Å². The number of methoxy groups -OCH3 is 1. The molecule has 302 valence electrons. The summed E-state index contributed by atoms with van der Waals surface area (Å²) in [6.07, 6.45) is 4.08. The highest BCUT2D eigenvalue weighted by atomic mass is 16.7. The van der Waals surface area contributed by atoms with Crippen molar-refractivity contribution in [3.8, 4) is 0 Å². The fraction of sp³-hybridized carbons (Fsp3) is 0.683. The van der Waals surface area contributed by atoms with Crippen molar-refractivity contribution >= 4 is 17.9 Å². The van der Waals surface area contributed by atoms with Crippen LogP contribution in [-0.2, 0) is 47.5 Å². The molecule has 54 heavy (non-hydrogen) atoms. The molecule has 0 saturated carbocycles. The van der Waals surface area contributed by atoms with E-state index in [0.717, 1.165) is 31.2 Å². The summed E-state index contributed by atoms with van der Waals surface area (Å²) < 4.78 is 41.5. The van der Waals surface area contributed by atoms with Crippen LogP contribution >= 0.6 is 0 Å². The third-order valence-corrected chi connectivity index (χ3v) is 10.2. The summed E-state index contributed by atoms with van der Waals surface area (Å²) in [5, 5.41) is 33.7. The van der Waals surface area contributed by atoms with Gasteiger partial charge in [-0.05, 0) is 42.9 Å². The minimum atomic E-state index is -2.27. The monoisotopic (exact) mass is 760 g/mol. The zero-order valence-electron chi connectivity index (χ0n) is 32.2. The summed E-state index contributed by atoms with van der Waals surface area (Å²) in [5.74, 6) is -4.30. The molecule has 1 aromatic rings. The zero-order valence-corrected chi connectivity index (χ0v) is 32.2. The van der Waals surface area contributed by atoms with Crippen LogP contribution in [0.4, 0.5) is 0 Å². The van der Waals surface area contributed by atoms with Gasteiger partial charge in [-0.2, -0.15) is 0 Å². The van der Waals surface area contributed by atoms with Crippen LogP contribution in [-0.4, -0.2) is 103 Å². The van der Waals surface area contributed by atoms with Crippen molar-refractivity contribution in [2.24, 2.45) is 5.41 Å². The van der Waals surface area contributed by atoms with Gasteiger partial charge in [0.2, 0.25) is 5.79 Å². The predicted molar refractivity (Wildman–Crippen MR) is 197 cm³/mol. The van der Waals surface area contributed by atoms with Gasteiger partial charge in [0, 0.05) is 37.4 Å². The van der Waals surface area contributed by atoms with Crippen LogP contribution in [0.25, 0.3) is 0 Å². The van der Waals surface area contributed by atoms with Gasteiger partial charge in [-0.3, -0.25) is 9.59 Å². The van der Waals surface area contributed by atoms with Crippen molar-refractivity contribution in [1.29, 1.82) is 0 Å². The number of aliphatic hydroxyl groups excluding tert-OH is 2. The van der Waals surface area contributed by atoms with E-state index in [2.05, 4.69) is 6.92 Å². The Morgan fingerprint density at radius 3 is 2.44 bits per heavy atom. The lowest BCUT2D eigenvalue weighted by Crippen LogP contribution is -2.62. The number of esters is 3. The summed E-state index contributed by atoms with van der Waals surface area (Å²) in [4.78, 5) is 39.0. The number of hydrogen-bond donors (Lipinski definition) is 3. The van der Waals surface area contributed by atoms with Gasteiger partial charge in [0.15, 0.2) is 12.4 Å². The van der Waals surface area contributed by atoms with E-state index in [-0.39, 0.29) is 56.5 Å². The molecule has 0 aromatic heterocycles. The van der Waals surface area contributed by atoms with E-state index in [1.165, 1.54) is 13.2 Å². The number of cyclic esters (lactones) is 1. The minimum absolute atomic E-state index is 0.0151. The number of fused-ring (bicyclic) bond motifs is 4. The molecular weight excluding hydrogens is 700 g/mol. The SMILES string of the molecule is CCCCCCCC(=O)O[C@H]1/C(=C/C(=O)OC)CC2C[C@H](CO)OC(=O)C[C@H](O)CCO[C@H](c3ccccc3)C[C@@H]3CCO[C@H](/C=C/C(C)(C)[C@]1(O)O2)O3. The molecule has 4 rings (SSSR count). The van der Waals surface area contributed by atoms with Crippen molar-refractivity contribution in [3.63, 3.8) is 0 Å². The summed E-state index contributed by atoms with van der Waals surface area (Å²) in [6.45, 7) is 5.50. The number of rotatable bonds is 10.